The fraction of sp³-hybridized carbons (Fsp3) is 0.762. The molecule has 3 aliphatic rings. The molecule has 2 saturated carbocycles. The van der Waals surface area contributed by atoms with Crippen molar-refractivity contribution in [3.8, 4) is 0 Å². The second kappa shape index (κ2) is 9.72. The zero-order chi connectivity index (χ0) is 25.8. The summed E-state index contributed by atoms with van der Waals surface area (Å²) in [5.41, 5.74) is 0.298. The zero-order valence-corrected chi connectivity index (χ0v) is 21.3. The number of aliphatic hydroxyl groups is 3. The van der Waals surface area contributed by atoms with E-state index < -0.39 is 50.7 Å². The number of nitrogens with one attached hydrogen (secondary N) is 1. The second-order valence-corrected chi connectivity index (χ2v) is 12.5. The number of hydrogen-bond donors (Lipinski definition) is 6. The third-order valence-electron chi connectivity index (χ3n) is 7.88. The van der Waals surface area contributed by atoms with Crippen LogP contribution >= 0.6 is 19.2 Å². The minimum atomic E-state index is -4.83. The van der Waals surface area contributed by atoms with Crippen molar-refractivity contribution >= 4 is 36.0 Å². The van der Waals surface area contributed by atoms with Crippen molar-refractivity contribution in [2.24, 2.45) is 11.8 Å². The van der Waals surface area contributed by atoms with Crippen LogP contribution in [0, 0.1) is 11.8 Å². The number of anilines is 1. The van der Waals surface area contributed by atoms with Crippen LogP contribution in [-0.4, -0.2) is 87.8 Å². The fourth-order valence-electron chi connectivity index (χ4n) is 5.66. The van der Waals surface area contributed by atoms with E-state index in [1.54, 1.807) is 0 Å². The van der Waals surface area contributed by atoms with Crippen LogP contribution in [0.3, 0.4) is 0 Å². The summed E-state index contributed by atoms with van der Waals surface area (Å²) in [5, 5.41) is 36.9. The monoisotopic (exact) mass is 547 g/mol. The Balaban J connectivity index is 1.36. The van der Waals surface area contributed by atoms with Crippen molar-refractivity contribution < 1.29 is 39.1 Å². The zero-order valence-electron chi connectivity index (χ0n) is 19.6. The highest BCUT2D eigenvalue weighted by molar-refractivity contribution is 7.53. The van der Waals surface area contributed by atoms with Crippen molar-refractivity contribution in [2.45, 2.75) is 75.0 Å². The van der Waals surface area contributed by atoms with Gasteiger partial charge in [0, 0.05) is 6.04 Å². The first-order valence-electron chi connectivity index (χ1n) is 12.0. The van der Waals surface area contributed by atoms with E-state index in [-0.39, 0.29) is 11.3 Å². The molecular weight excluding hydrogens is 517 g/mol. The van der Waals surface area contributed by atoms with E-state index >= 15 is 0 Å². The molecule has 0 radical (unpaired) electrons. The van der Waals surface area contributed by atoms with Gasteiger partial charge in [-0.25, -0.2) is 4.68 Å². The lowest BCUT2D eigenvalue weighted by Gasteiger charge is -2.29. The van der Waals surface area contributed by atoms with Gasteiger partial charge >= 0.3 is 7.60 Å². The molecule has 8 atom stereocenters. The van der Waals surface area contributed by atoms with Gasteiger partial charge in [0.25, 0.3) is 0 Å². The molecule has 2 aliphatic carbocycles. The molecule has 1 unspecified atom stereocenters. The Morgan fingerprint density at radius 2 is 2.03 bits per heavy atom. The first-order valence-corrected chi connectivity index (χ1v) is 14.0. The van der Waals surface area contributed by atoms with Gasteiger partial charge in [-0.15, -0.1) is 0 Å². The van der Waals surface area contributed by atoms with Gasteiger partial charge in [-0.3, -0.25) is 4.57 Å². The highest BCUT2D eigenvalue weighted by Gasteiger charge is 2.49. The van der Waals surface area contributed by atoms with E-state index in [1.165, 1.54) is 36.6 Å². The molecule has 3 heterocycles. The lowest BCUT2D eigenvalue weighted by molar-refractivity contribution is -0.104. The minimum Gasteiger partial charge on any atom is -0.393 e. The third kappa shape index (κ3) is 4.55. The number of nitrogens with zero attached hydrogens (tertiary/aromatic N) is 4. The van der Waals surface area contributed by atoms with Crippen LogP contribution in [0.25, 0.3) is 11.0 Å². The highest BCUT2D eigenvalue weighted by atomic mass is 35.5. The molecule has 15 heteroatoms. The van der Waals surface area contributed by atoms with Crippen molar-refractivity contribution in [1.82, 2.24) is 19.7 Å². The van der Waals surface area contributed by atoms with Gasteiger partial charge in [-0.05, 0) is 49.6 Å². The van der Waals surface area contributed by atoms with Gasteiger partial charge < -0.3 is 39.9 Å². The highest BCUT2D eigenvalue weighted by Crippen LogP contribution is 2.51. The van der Waals surface area contributed by atoms with E-state index in [9.17, 15) is 29.7 Å². The smallest absolute Gasteiger partial charge is 0.359 e. The summed E-state index contributed by atoms with van der Waals surface area (Å²) in [6.45, 7) is -0.401. The van der Waals surface area contributed by atoms with Gasteiger partial charge in [0.05, 0.1) is 24.8 Å². The van der Waals surface area contributed by atoms with Crippen LogP contribution in [0.4, 0.5) is 5.82 Å². The van der Waals surface area contributed by atoms with Gasteiger partial charge in [-0.2, -0.15) is 15.1 Å². The van der Waals surface area contributed by atoms with Gasteiger partial charge in [0.2, 0.25) is 5.28 Å². The SMILES string of the molecule is CC(CO)(OC[C@@H]1O[C@H](n2ncc3c(N[C@H]4CC[C@@H]5CCC[C@@H]54)nc(Cl)nc32)[C@@H](O)[C@H]1O)P(=O)(O)O. The predicted molar refractivity (Wildman–Crippen MR) is 127 cm³/mol. The fourth-order valence-corrected chi connectivity index (χ4v) is 6.26. The van der Waals surface area contributed by atoms with E-state index in [4.69, 9.17) is 21.1 Å². The molecule has 0 bridgehead atoms. The van der Waals surface area contributed by atoms with E-state index in [2.05, 4.69) is 20.4 Å². The van der Waals surface area contributed by atoms with Crippen molar-refractivity contribution in [3.05, 3.63) is 11.5 Å². The number of rotatable bonds is 8. The maximum Gasteiger partial charge on any atom is 0.359 e. The molecule has 1 aliphatic heterocycles. The number of fused-ring (bicyclic) bond motifs is 2. The predicted octanol–water partition coefficient (Wildman–Crippen LogP) is 0.992. The Morgan fingerprint density at radius 3 is 2.75 bits per heavy atom. The van der Waals surface area contributed by atoms with Crippen LogP contribution in [0.5, 0.6) is 0 Å². The lowest BCUT2D eigenvalue weighted by Crippen LogP contribution is -2.39. The van der Waals surface area contributed by atoms with Crippen LogP contribution in [0.2, 0.25) is 5.28 Å². The van der Waals surface area contributed by atoms with Crippen LogP contribution in [0.1, 0.15) is 45.3 Å². The average Bonchev–Trinajstić information content (AvgIpc) is 3.58. The summed E-state index contributed by atoms with van der Waals surface area (Å²) < 4.78 is 24.0. The average molecular weight is 548 g/mol. The van der Waals surface area contributed by atoms with Gasteiger partial charge in [0.1, 0.15) is 24.1 Å². The summed E-state index contributed by atoms with van der Waals surface area (Å²) in [6.07, 6.45) is 2.22. The quantitative estimate of drug-likeness (QED) is 0.203. The van der Waals surface area contributed by atoms with Crippen molar-refractivity contribution in [1.29, 1.82) is 0 Å². The molecule has 36 heavy (non-hydrogen) atoms. The molecule has 13 nitrogen and oxygen atoms in total. The van der Waals surface area contributed by atoms with E-state index in [1.807, 2.05) is 0 Å². The summed E-state index contributed by atoms with van der Waals surface area (Å²) in [4.78, 5) is 27.6. The van der Waals surface area contributed by atoms with Crippen LogP contribution in [0.15, 0.2) is 6.20 Å². The number of aromatic nitrogens is 4. The molecular formula is C21H31ClN5O8P. The van der Waals surface area contributed by atoms with Gasteiger partial charge in [-0.1, -0.05) is 12.8 Å². The van der Waals surface area contributed by atoms with E-state index in [0.29, 0.717) is 22.8 Å². The number of aliphatic hydroxyl groups excluding tert-OH is 3. The Bertz CT molecular complexity index is 1160. The summed E-state index contributed by atoms with van der Waals surface area (Å²) in [5.74, 6) is 1.87. The molecule has 5 rings (SSSR count). The Labute approximate surface area is 211 Å². The molecule has 2 aromatic rings. The molecule has 1 saturated heterocycles. The molecule has 3 fully saturated rings. The van der Waals surface area contributed by atoms with Crippen molar-refractivity contribution in [3.63, 3.8) is 0 Å². The minimum absolute atomic E-state index is 0.0130. The van der Waals surface area contributed by atoms with Crippen LogP contribution < -0.4 is 5.32 Å². The number of ether oxygens (including phenoxy) is 2. The van der Waals surface area contributed by atoms with Crippen LogP contribution in [-0.2, 0) is 14.0 Å². The molecule has 0 amide bonds. The van der Waals surface area contributed by atoms with Gasteiger partial charge in [0.15, 0.2) is 17.2 Å². The van der Waals surface area contributed by atoms with E-state index in [0.717, 1.165) is 19.3 Å². The molecule has 0 spiro atoms. The largest absolute Gasteiger partial charge is 0.393 e. The third-order valence-corrected chi connectivity index (χ3v) is 9.55. The normalized spacial score (nSPS) is 34.2. The standard InChI is InChI=1S/C21H31ClN5O8P/c1-21(9-28,36(31,32)33)34-8-14-15(29)16(30)19(35-14)27-18-12(7-23-27)17(25-20(22)26-18)24-13-6-5-10-3-2-4-11(10)13/h7,10-11,13-16,19,28-30H,2-6,8-9H2,1H3,(H,24,25,26)(H2,31,32,33)/t10-,11-,13-,14-,15-,16-,19-,21?/m0/s1. The molecule has 0 aromatic carbocycles. The number of hydrogen-bond acceptors (Lipinski definition) is 10. The maximum atomic E-state index is 11.7. The maximum absolute atomic E-state index is 11.7. The molecule has 200 valence electrons. The Kier molecular flexibility index (Phi) is 7.07. The summed E-state index contributed by atoms with van der Waals surface area (Å²) in [6, 6.07) is 0.279. The summed E-state index contributed by atoms with van der Waals surface area (Å²) >= 11 is 6.23. The first-order chi connectivity index (χ1) is 17.0. The molecule has 2 aromatic heterocycles. The summed E-state index contributed by atoms with van der Waals surface area (Å²) in [7, 11) is -4.83. The Morgan fingerprint density at radius 1 is 1.25 bits per heavy atom. The van der Waals surface area contributed by atoms with Crippen molar-refractivity contribution in [2.75, 3.05) is 18.5 Å². The topological polar surface area (TPSA) is 192 Å². The molecule has 6 N–H and O–H groups in total. The number of halogens is 1. The second-order valence-electron chi connectivity index (χ2n) is 10.1. The lowest BCUT2D eigenvalue weighted by atomic mass is 9.97. The Hall–Kier alpha value is -1.41. The first kappa shape index (κ1) is 26.2.